The number of carbonyl (C=O) groups excluding carboxylic acids is 1. The van der Waals surface area contributed by atoms with Crippen molar-refractivity contribution in [3.63, 3.8) is 0 Å². The van der Waals surface area contributed by atoms with Crippen molar-refractivity contribution in [2.24, 2.45) is 7.05 Å². The smallest absolute Gasteiger partial charge is 0.219 e. The van der Waals surface area contributed by atoms with E-state index >= 15 is 0 Å². The first-order chi connectivity index (χ1) is 14.6. The van der Waals surface area contributed by atoms with Crippen molar-refractivity contribution < 1.29 is 4.79 Å². The molecule has 5 rings (SSSR count). The number of aryl methyl sites for hydroxylation is 1. The molecule has 0 atom stereocenters. The Kier molecular flexibility index (Phi) is 4.38. The first kappa shape index (κ1) is 18.2. The van der Waals surface area contributed by atoms with Crippen LogP contribution in [0.1, 0.15) is 6.92 Å². The molecule has 0 unspecified atom stereocenters. The van der Waals surface area contributed by atoms with E-state index in [0.29, 0.717) is 18.9 Å². The van der Waals surface area contributed by atoms with Crippen LogP contribution in [0.5, 0.6) is 0 Å². The van der Waals surface area contributed by atoms with Crippen LogP contribution in [0, 0.1) is 0 Å². The van der Waals surface area contributed by atoms with E-state index in [1.54, 1.807) is 38.0 Å². The topological polar surface area (TPSA) is 97.3 Å². The van der Waals surface area contributed by atoms with Crippen LogP contribution in [0.3, 0.4) is 0 Å². The van der Waals surface area contributed by atoms with Crippen molar-refractivity contribution in [2.45, 2.75) is 6.92 Å². The summed E-state index contributed by atoms with van der Waals surface area (Å²) in [6.07, 6.45) is 10.7. The van der Waals surface area contributed by atoms with Crippen LogP contribution in [-0.2, 0) is 11.8 Å². The van der Waals surface area contributed by atoms with Gasteiger partial charge in [-0.25, -0.2) is 24.9 Å². The summed E-state index contributed by atoms with van der Waals surface area (Å²) in [4.78, 5) is 38.0. The van der Waals surface area contributed by atoms with Gasteiger partial charge in [0.05, 0.1) is 30.6 Å². The number of carbonyl (C=O) groups is 1. The summed E-state index contributed by atoms with van der Waals surface area (Å²) in [7, 11) is 1.93. The molecule has 0 bridgehead atoms. The first-order valence-electron chi connectivity index (χ1n) is 9.74. The van der Waals surface area contributed by atoms with Crippen LogP contribution in [0.4, 0.5) is 5.82 Å². The van der Waals surface area contributed by atoms with Gasteiger partial charge < -0.3 is 14.4 Å². The van der Waals surface area contributed by atoms with Gasteiger partial charge in [-0.05, 0) is 6.07 Å². The summed E-state index contributed by atoms with van der Waals surface area (Å²) in [5.74, 6) is 1.55. The second-order valence-electron chi connectivity index (χ2n) is 7.27. The molecular formula is C20H21N9O. The molecule has 1 aliphatic heterocycles. The number of imidazole rings is 2. The largest absolute Gasteiger partial charge is 0.353 e. The maximum absolute atomic E-state index is 11.6. The highest BCUT2D eigenvalue weighted by Gasteiger charge is 2.20. The molecule has 0 spiro atoms. The highest BCUT2D eigenvalue weighted by atomic mass is 16.2. The Hall–Kier alpha value is -3.82. The van der Waals surface area contributed by atoms with E-state index < -0.39 is 0 Å². The molecular weight excluding hydrogens is 382 g/mol. The molecule has 1 amide bonds. The van der Waals surface area contributed by atoms with Gasteiger partial charge in [0.25, 0.3) is 0 Å². The molecule has 152 valence electrons. The average Bonchev–Trinajstić information content (AvgIpc) is 3.39. The molecule has 0 aliphatic carbocycles. The zero-order chi connectivity index (χ0) is 20.7. The minimum Gasteiger partial charge on any atom is -0.353 e. The van der Waals surface area contributed by atoms with E-state index in [1.807, 2.05) is 33.2 Å². The second kappa shape index (κ2) is 7.21. The fraction of sp³-hybridized carbons (Fsp3) is 0.300. The molecule has 0 aromatic carbocycles. The molecule has 30 heavy (non-hydrogen) atoms. The van der Waals surface area contributed by atoms with Crippen LogP contribution in [0.2, 0.25) is 0 Å². The van der Waals surface area contributed by atoms with Gasteiger partial charge in [0.1, 0.15) is 17.2 Å². The quantitative estimate of drug-likeness (QED) is 0.508. The van der Waals surface area contributed by atoms with Crippen molar-refractivity contribution in [3.05, 3.63) is 43.4 Å². The third-order valence-corrected chi connectivity index (χ3v) is 5.39. The van der Waals surface area contributed by atoms with Crippen LogP contribution in [0.25, 0.3) is 28.6 Å². The lowest BCUT2D eigenvalue weighted by Crippen LogP contribution is -2.48. The van der Waals surface area contributed by atoms with Crippen molar-refractivity contribution in [3.8, 4) is 22.9 Å². The van der Waals surface area contributed by atoms with E-state index in [4.69, 9.17) is 4.98 Å². The molecule has 1 saturated heterocycles. The lowest BCUT2D eigenvalue weighted by atomic mass is 10.3. The third-order valence-electron chi connectivity index (χ3n) is 5.39. The first-order valence-corrected chi connectivity index (χ1v) is 9.74. The lowest BCUT2D eigenvalue weighted by Gasteiger charge is -2.34. The maximum atomic E-state index is 11.6. The lowest BCUT2D eigenvalue weighted by molar-refractivity contribution is -0.129. The van der Waals surface area contributed by atoms with Crippen LogP contribution in [0.15, 0.2) is 43.4 Å². The predicted octanol–water partition coefficient (Wildman–Crippen LogP) is 1.26. The molecule has 4 aromatic heterocycles. The number of fused-ring (bicyclic) bond motifs is 1. The average molecular weight is 403 g/mol. The standard InChI is InChI=1S/C20H21N9O/c1-14(30)27-5-7-28(8-6-27)18-3-4-22-20(25-18)17-10-24-19-11-23-15(12-29(17)19)16-9-21-13-26(16)2/h3-4,9-13H,5-8H2,1-2H3. The number of hydrogen-bond acceptors (Lipinski definition) is 7. The minimum absolute atomic E-state index is 0.113. The van der Waals surface area contributed by atoms with Gasteiger partial charge >= 0.3 is 0 Å². The molecule has 0 N–H and O–H groups in total. The SMILES string of the molecule is CC(=O)N1CCN(c2ccnc(-c3cnc4cnc(-c5cncn5C)cn34)n2)CC1. The second-order valence-corrected chi connectivity index (χ2v) is 7.27. The molecule has 0 saturated carbocycles. The number of amides is 1. The summed E-state index contributed by atoms with van der Waals surface area (Å²) in [5.41, 5.74) is 3.22. The van der Waals surface area contributed by atoms with Gasteiger partial charge in [0.2, 0.25) is 5.91 Å². The monoisotopic (exact) mass is 403 g/mol. The minimum atomic E-state index is 0.113. The normalized spacial score (nSPS) is 14.5. The highest BCUT2D eigenvalue weighted by Crippen LogP contribution is 2.23. The van der Waals surface area contributed by atoms with Gasteiger partial charge in [-0.15, -0.1) is 0 Å². The van der Waals surface area contributed by atoms with Gasteiger partial charge in [-0.1, -0.05) is 0 Å². The predicted molar refractivity (Wildman–Crippen MR) is 111 cm³/mol. The third kappa shape index (κ3) is 3.15. The number of nitrogens with zero attached hydrogens (tertiary/aromatic N) is 9. The zero-order valence-electron chi connectivity index (χ0n) is 16.8. The zero-order valence-corrected chi connectivity index (χ0v) is 16.8. The number of piperazine rings is 1. The molecule has 10 heteroatoms. The Bertz CT molecular complexity index is 1220. The molecule has 0 radical (unpaired) electrons. The Morgan fingerprint density at radius 1 is 1.00 bits per heavy atom. The van der Waals surface area contributed by atoms with Crippen LogP contribution < -0.4 is 4.90 Å². The molecule has 5 heterocycles. The molecule has 10 nitrogen and oxygen atoms in total. The van der Waals surface area contributed by atoms with Crippen molar-refractivity contribution in [1.29, 1.82) is 0 Å². The van der Waals surface area contributed by atoms with Crippen LogP contribution in [-0.4, -0.2) is 70.9 Å². The number of anilines is 1. The van der Waals surface area contributed by atoms with Gasteiger partial charge in [-0.2, -0.15) is 0 Å². The summed E-state index contributed by atoms with van der Waals surface area (Å²) >= 11 is 0. The number of hydrogen-bond donors (Lipinski definition) is 0. The van der Waals surface area contributed by atoms with Crippen molar-refractivity contribution in [2.75, 3.05) is 31.1 Å². The van der Waals surface area contributed by atoms with E-state index in [9.17, 15) is 4.79 Å². The summed E-state index contributed by atoms with van der Waals surface area (Å²) < 4.78 is 3.87. The number of rotatable bonds is 3. The van der Waals surface area contributed by atoms with Gasteiger partial charge in [0.15, 0.2) is 11.5 Å². The van der Waals surface area contributed by atoms with Gasteiger partial charge in [0, 0.05) is 52.5 Å². The van der Waals surface area contributed by atoms with Gasteiger partial charge in [-0.3, -0.25) is 9.20 Å². The Morgan fingerprint density at radius 3 is 2.57 bits per heavy atom. The summed E-state index contributed by atoms with van der Waals surface area (Å²) in [6, 6.07) is 1.90. The maximum Gasteiger partial charge on any atom is 0.219 e. The Balaban J connectivity index is 1.48. The van der Waals surface area contributed by atoms with E-state index in [1.165, 1.54) is 0 Å². The molecule has 1 aliphatic rings. The summed E-state index contributed by atoms with van der Waals surface area (Å²) in [5, 5.41) is 0. The van der Waals surface area contributed by atoms with Crippen molar-refractivity contribution in [1.82, 2.24) is 38.8 Å². The van der Waals surface area contributed by atoms with E-state index in [0.717, 1.165) is 41.6 Å². The summed E-state index contributed by atoms with van der Waals surface area (Å²) in [6.45, 7) is 4.50. The number of aromatic nitrogens is 7. The van der Waals surface area contributed by atoms with E-state index in [-0.39, 0.29) is 5.91 Å². The Labute approximate surface area is 172 Å². The van der Waals surface area contributed by atoms with E-state index in [2.05, 4.69) is 24.8 Å². The Morgan fingerprint density at radius 2 is 1.83 bits per heavy atom. The fourth-order valence-electron chi connectivity index (χ4n) is 3.69. The van der Waals surface area contributed by atoms with Crippen molar-refractivity contribution >= 4 is 17.4 Å². The fourth-order valence-corrected chi connectivity index (χ4v) is 3.69. The molecule has 4 aromatic rings. The van der Waals surface area contributed by atoms with Crippen LogP contribution >= 0.6 is 0 Å². The highest BCUT2D eigenvalue weighted by molar-refractivity contribution is 5.73. The molecule has 1 fully saturated rings.